The summed E-state index contributed by atoms with van der Waals surface area (Å²) >= 11 is 0. The molecule has 9 heteroatoms. The predicted molar refractivity (Wildman–Crippen MR) is 74.7 cm³/mol. The van der Waals surface area contributed by atoms with Crippen molar-refractivity contribution in [3.05, 3.63) is 10.4 Å². The summed E-state index contributed by atoms with van der Waals surface area (Å²) in [5.74, 6) is -0.322. The number of piperidine rings is 1. The van der Waals surface area contributed by atoms with E-state index in [0.717, 1.165) is 0 Å². The molecule has 0 aromatic carbocycles. The van der Waals surface area contributed by atoms with E-state index in [1.165, 1.54) is 0 Å². The topological polar surface area (TPSA) is 131 Å². The van der Waals surface area contributed by atoms with E-state index in [9.17, 15) is 10.2 Å². The van der Waals surface area contributed by atoms with Gasteiger partial charge in [0.25, 0.3) is 0 Å². The molecule has 3 N–H and O–H groups in total. The Morgan fingerprint density at radius 3 is 2.52 bits per heavy atom. The van der Waals surface area contributed by atoms with E-state index in [-0.39, 0.29) is 12.5 Å². The normalized spacial score (nSPS) is 26.5. The predicted octanol–water partition coefficient (Wildman–Crippen LogP) is -1.02. The van der Waals surface area contributed by atoms with Gasteiger partial charge in [-0.2, -0.15) is 0 Å². The number of hydrogen-bond acceptors (Lipinski definition) is 7. The fraction of sp³-hybridized carbons (Fsp3) is 1.00. The highest BCUT2D eigenvalue weighted by Gasteiger charge is 2.33. The molecule has 3 atom stereocenters. The van der Waals surface area contributed by atoms with Gasteiger partial charge in [0.15, 0.2) is 0 Å². The minimum absolute atomic E-state index is 0.144. The quantitative estimate of drug-likeness (QED) is 0.205. The van der Waals surface area contributed by atoms with E-state index in [0.29, 0.717) is 52.6 Å². The SMILES string of the molecule is [N-]=[N+]=NCCOCCOCCN1C[C@H](CO)[C@@H](O)[C@H](O)C1. The van der Waals surface area contributed by atoms with Crippen molar-refractivity contribution in [1.29, 1.82) is 0 Å². The zero-order valence-corrected chi connectivity index (χ0v) is 12.0. The number of rotatable bonds is 10. The monoisotopic (exact) mass is 304 g/mol. The van der Waals surface area contributed by atoms with Crippen LogP contribution in [0.5, 0.6) is 0 Å². The Labute approximate surface area is 123 Å². The number of β-amino-alcohol motifs (C(OH)–C–C–N with tert-alkyl or cyclic N) is 1. The van der Waals surface area contributed by atoms with Gasteiger partial charge in [-0.05, 0) is 5.53 Å². The number of azide groups is 1. The third-order valence-electron chi connectivity index (χ3n) is 3.37. The summed E-state index contributed by atoms with van der Waals surface area (Å²) in [6, 6.07) is 0. The van der Waals surface area contributed by atoms with Gasteiger partial charge in [0.2, 0.25) is 0 Å². The van der Waals surface area contributed by atoms with Crippen LogP contribution in [-0.4, -0.2) is 91.6 Å². The molecule has 1 aliphatic heterocycles. The summed E-state index contributed by atoms with van der Waals surface area (Å²) in [6.45, 7) is 3.45. The van der Waals surface area contributed by atoms with Crippen molar-refractivity contribution < 1.29 is 24.8 Å². The second-order valence-corrected chi connectivity index (χ2v) is 4.94. The first-order valence-corrected chi connectivity index (χ1v) is 7.04. The van der Waals surface area contributed by atoms with Gasteiger partial charge in [-0.3, -0.25) is 4.90 Å². The molecule has 1 fully saturated rings. The van der Waals surface area contributed by atoms with Crippen LogP contribution >= 0.6 is 0 Å². The molecule has 0 aromatic heterocycles. The van der Waals surface area contributed by atoms with Gasteiger partial charge in [0.05, 0.1) is 38.6 Å². The summed E-state index contributed by atoms with van der Waals surface area (Å²) in [5.41, 5.74) is 8.06. The summed E-state index contributed by atoms with van der Waals surface area (Å²) in [7, 11) is 0. The number of nitrogens with zero attached hydrogens (tertiary/aromatic N) is 4. The van der Waals surface area contributed by atoms with Gasteiger partial charge >= 0.3 is 0 Å². The molecule has 0 aliphatic carbocycles. The number of hydrogen-bond donors (Lipinski definition) is 3. The van der Waals surface area contributed by atoms with Crippen LogP contribution in [0.3, 0.4) is 0 Å². The van der Waals surface area contributed by atoms with Crippen LogP contribution in [0.25, 0.3) is 10.4 Å². The fourth-order valence-corrected chi connectivity index (χ4v) is 2.21. The van der Waals surface area contributed by atoms with Gasteiger partial charge in [-0.25, -0.2) is 0 Å². The lowest BCUT2D eigenvalue weighted by atomic mass is 9.93. The molecule has 1 saturated heterocycles. The van der Waals surface area contributed by atoms with Crippen LogP contribution < -0.4 is 0 Å². The standard InChI is InChI=1S/C12H24N4O5/c13-15-14-1-3-20-5-6-21-4-2-16-7-10(9-17)12(19)11(18)8-16/h10-12,17-19H,1-9H2/t10-,11-,12-/m1/s1. The largest absolute Gasteiger partial charge is 0.396 e. The lowest BCUT2D eigenvalue weighted by Crippen LogP contribution is -2.54. The van der Waals surface area contributed by atoms with Crippen molar-refractivity contribution in [2.75, 3.05) is 59.2 Å². The molecular formula is C12H24N4O5. The molecule has 21 heavy (non-hydrogen) atoms. The number of aliphatic hydroxyl groups is 3. The molecule has 1 heterocycles. The van der Waals surface area contributed by atoms with Crippen LogP contribution in [0.4, 0.5) is 0 Å². The van der Waals surface area contributed by atoms with Gasteiger partial charge in [0, 0.05) is 43.6 Å². The Kier molecular flexibility index (Phi) is 9.27. The Morgan fingerprint density at radius 2 is 1.86 bits per heavy atom. The maximum Gasteiger partial charge on any atom is 0.0929 e. The van der Waals surface area contributed by atoms with Crippen molar-refractivity contribution in [3.8, 4) is 0 Å². The van der Waals surface area contributed by atoms with E-state index in [1.807, 2.05) is 4.90 Å². The Bertz CT molecular complexity index is 327. The molecule has 9 nitrogen and oxygen atoms in total. The van der Waals surface area contributed by atoms with Crippen LogP contribution in [0.2, 0.25) is 0 Å². The van der Waals surface area contributed by atoms with Crippen molar-refractivity contribution in [2.24, 2.45) is 11.0 Å². The Balaban J connectivity index is 2.03. The zero-order valence-electron chi connectivity index (χ0n) is 12.0. The molecule has 0 bridgehead atoms. The van der Waals surface area contributed by atoms with E-state index < -0.39 is 12.2 Å². The fourth-order valence-electron chi connectivity index (χ4n) is 2.21. The third-order valence-corrected chi connectivity index (χ3v) is 3.37. The highest BCUT2D eigenvalue weighted by Crippen LogP contribution is 2.17. The van der Waals surface area contributed by atoms with Crippen LogP contribution in [0, 0.1) is 5.92 Å². The van der Waals surface area contributed by atoms with E-state index in [1.54, 1.807) is 0 Å². The Morgan fingerprint density at radius 1 is 1.14 bits per heavy atom. The molecule has 0 radical (unpaired) electrons. The lowest BCUT2D eigenvalue weighted by molar-refractivity contribution is -0.0900. The maximum atomic E-state index is 9.70. The minimum atomic E-state index is -0.864. The van der Waals surface area contributed by atoms with Gasteiger partial charge < -0.3 is 24.8 Å². The molecule has 0 aromatic rings. The summed E-state index contributed by atoms with van der Waals surface area (Å²) in [5, 5.41) is 31.9. The van der Waals surface area contributed by atoms with Gasteiger partial charge in [0.1, 0.15) is 0 Å². The van der Waals surface area contributed by atoms with Crippen molar-refractivity contribution in [1.82, 2.24) is 4.90 Å². The second kappa shape index (κ2) is 10.7. The average molecular weight is 304 g/mol. The van der Waals surface area contributed by atoms with Gasteiger partial charge in [-0.15, -0.1) is 0 Å². The molecule has 0 saturated carbocycles. The van der Waals surface area contributed by atoms with E-state index in [4.69, 9.17) is 20.1 Å². The van der Waals surface area contributed by atoms with E-state index in [2.05, 4.69) is 10.0 Å². The molecule has 0 unspecified atom stereocenters. The molecule has 1 rings (SSSR count). The summed E-state index contributed by atoms with van der Waals surface area (Å²) in [4.78, 5) is 4.57. The summed E-state index contributed by atoms with van der Waals surface area (Å²) in [6.07, 6.45) is -1.70. The molecular weight excluding hydrogens is 280 g/mol. The average Bonchev–Trinajstić information content (AvgIpc) is 2.48. The Hall–Kier alpha value is -0.930. The van der Waals surface area contributed by atoms with Crippen molar-refractivity contribution in [3.63, 3.8) is 0 Å². The van der Waals surface area contributed by atoms with Crippen LogP contribution in [0.1, 0.15) is 0 Å². The molecule has 0 spiro atoms. The highest BCUT2D eigenvalue weighted by atomic mass is 16.5. The second-order valence-electron chi connectivity index (χ2n) is 4.94. The number of likely N-dealkylation sites (tertiary alicyclic amines) is 1. The third kappa shape index (κ3) is 7.05. The zero-order chi connectivity index (χ0) is 15.5. The first-order chi connectivity index (χ1) is 10.2. The minimum Gasteiger partial charge on any atom is -0.396 e. The van der Waals surface area contributed by atoms with Gasteiger partial charge in [-0.1, -0.05) is 5.11 Å². The highest BCUT2D eigenvalue weighted by molar-refractivity contribution is 4.86. The number of ether oxygens (including phenoxy) is 2. The molecule has 122 valence electrons. The summed E-state index contributed by atoms with van der Waals surface area (Å²) < 4.78 is 10.6. The van der Waals surface area contributed by atoms with E-state index >= 15 is 0 Å². The first-order valence-electron chi connectivity index (χ1n) is 7.04. The smallest absolute Gasteiger partial charge is 0.0929 e. The van der Waals surface area contributed by atoms with Crippen molar-refractivity contribution in [2.45, 2.75) is 12.2 Å². The first kappa shape index (κ1) is 18.1. The molecule has 0 amide bonds. The van der Waals surface area contributed by atoms with Crippen molar-refractivity contribution >= 4 is 0 Å². The number of aliphatic hydroxyl groups excluding tert-OH is 3. The van der Waals surface area contributed by atoms with Crippen LogP contribution in [-0.2, 0) is 9.47 Å². The van der Waals surface area contributed by atoms with Crippen LogP contribution in [0.15, 0.2) is 5.11 Å². The maximum absolute atomic E-state index is 9.70. The lowest BCUT2D eigenvalue weighted by Gasteiger charge is -2.38. The molecule has 1 aliphatic rings.